The van der Waals surface area contributed by atoms with Crippen LogP contribution >= 0.6 is 0 Å². The Morgan fingerprint density at radius 3 is 2.87 bits per heavy atom. The predicted octanol–water partition coefficient (Wildman–Crippen LogP) is 1.66. The highest BCUT2D eigenvalue weighted by atomic mass is 16.5. The van der Waals surface area contributed by atoms with Crippen molar-refractivity contribution in [2.24, 2.45) is 0 Å². The van der Waals surface area contributed by atoms with Crippen LogP contribution in [0.3, 0.4) is 0 Å². The first kappa shape index (κ1) is 26.8. The average Bonchev–Trinajstić information content (AvgIpc) is 3.35. The molecular weight excluding hydrogens is 486 g/mol. The molecule has 3 amide bonds. The molecule has 2 aromatic heterocycles. The molecule has 0 saturated heterocycles. The largest absolute Gasteiger partial charge is 0.493 e. The molecule has 0 spiro atoms. The van der Waals surface area contributed by atoms with Crippen molar-refractivity contribution in [1.82, 2.24) is 35.5 Å². The van der Waals surface area contributed by atoms with Crippen LogP contribution in [0.4, 0.5) is 0 Å². The van der Waals surface area contributed by atoms with E-state index in [1.807, 2.05) is 31.3 Å². The topological polar surface area (TPSA) is 131 Å². The van der Waals surface area contributed by atoms with Crippen LogP contribution < -0.4 is 15.4 Å². The van der Waals surface area contributed by atoms with Crippen LogP contribution in [0.1, 0.15) is 46.9 Å². The molecule has 0 fully saturated rings. The number of rotatable bonds is 2. The average molecular weight is 520 g/mol. The van der Waals surface area contributed by atoms with Gasteiger partial charge in [-0.15, -0.1) is 5.10 Å². The van der Waals surface area contributed by atoms with Gasteiger partial charge in [0.1, 0.15) is 17.5 Å². The summed E-state index contributed by atoms with van der Waals surface area (Å²) >= 11 is 0. The fraction of sp³-hybridized carbons (Fsp3) is 0.407. The molecule has 38 heavy (non-hydrogen) atoms. The summed E-state index contributed by atoms with van der Waals surface area (Å²) in [5.41, 5.74) is 2.84. The first-order chi connectivity index (χ1) is 18.4. The van der Waals surface area contributed by atoms with Crippen LogP contribution in [0.15, 0.2) is 48.9 Å². The minimum absolute atomic E-state index is 0.0631. The minimum atomic E-state index is -0.740. The number of carbonyl (C=O) groups excluding carboxylic acids is 3. The van der Waals surface area contributed by atoms with Crippen LogP contribution in [-0.2, 0) is 29.1 Å². The molecule has 2 bridgehead atoms. The zero-order valence-electron chi connectivity index (χ0n) is 21.7. The minimum Gasteiger partial charge on any atom is -0.493 e. The van der Waals surface area contributed by atoms with E-state index in [1.165, 1.54) is 0 Å². The fourth-order valence-electron chi connectivity index (χ4n) is 4.12. The Kier molecular flexibility index (Phi) is 9.02. The van der Waals surface area contributed by atoms with Gasteiger partial charge in [0.15, 0.2) is 0 Å². The number of hydrogen-bond acceptors (Lipinski definition) is 7. The van der Waals surface area contributed by atoms with Crippen molar-refractivity contribution in [3.63, 3.8) is 0 Å². The first-order valence-corrected chi connectivity index (χ1v) is 12.8. The number of nitrogens with zero attached hydrogens (tertiary/aromatic N) is 5. The Balaban J connectivity index is 1.49. The third-order valence-corrected chi connectivity index (χ3v) is 6.19. The zero-order chi connectivity index (χ0) is 26.9. The van der Waals surface area contributed by atoms with Gasteiger partial charge in [-0.25, -0.2) is 0 Å². The van der Waals surface area contributed by atoms with E-state index in [-0.39, 0.29) is 24.1 Å². The number of benzene rings is 1. The van der Waals surface area contributed by atoms with Gasteiger partial charge in [0.25, 0.3) is 5.91 Å². The Bertz CT molecular complexity index is 1260. The summed E-state index contributed by atoms with van der Waals surface area (Å²) in [6, 6.07) is 8.27. The maximum Gasteiger partial charge on any atom is 0.255 e. The summed E-state index contributed by atoms with van der Waals surface area (Å²) in [5, 5.41) is 14.0. The van der Waals surface area contributed by atoms with Gasteiger partial charge in [-0.2, -0.15) is 0 Å². The second kappa shape index (κ2) is 12.8. The van der Waals surface area contributed by atoms with Crippen molar-refractivity contribution in [3.8, 4) is 5.75 Å². The molecule has 1 aliphatic rings. The molecule has 0 radical (unpaired) electrons. The smallest absolute Gasteiger partial charge is 0.255 e. The highest BCUT2D eigenvalue weighted by molar-refractivity contribution is 5.99. The summed E-state index contributed by atoms with van der Waals surface area (Å²) in [6.07, 6.45) is 6.57. The number of carbonyl (C=O) groups is 3. The van der Waals surface area contributed by atoms with Crippen LogP contribution in [0.25, 0.3) is 0 Å². The molecule has 1 aromatic carbocycles. The lowest BCUT2D eigenvalue weighted by atomic mass is 10.1. The van der Waals surface area contributed by atoms with Gasteiger partial charge in [-0.05, 0) is 49.6 Å². The molecule has 1 atom stereocenters. The number of ether oxygens (including phenoxy) is 1. The number of fused-ring (bicyclic) bond motifs is 3. The number of aromatic nitrogens is 4. The molecule has 0 aliphatic carbocycles. The first-order valence-electron chi connectivity index (χ1n) is 12.8. The second-order valence-corrected chi connectivity index (χ2v) is 9.37. The SMILES string of the molecule is Cc1ccc2c(c1)OCCCn1cc(nn1)CN(C(=O)Cc1cccnc1)CCCNC(=O)[C@@H](C)NC2=O. The van der Waals surface area contributed by atoms with Gasteiger partial charge in [0, 0.05) is 38.4 Å². The Labute approximate surface area is 221 Å². The van der Waals surface area contributed by atoms with Gasteiger partial charge in [0.2, 0.25) is 11.8 Å². The summed E-state index contributed by atoms with van der Waals surface area (Å²) in [5.74, 6) is -0.280. The molecule has 2 N–H and O–H groups in total. The molecule has 200 valence electrons. The lowest BCUT2D eigenvalue weighted by molar-refractivity contribution is -0.131. The zero-order valence-corrected chi connectivity index (χ0v) is 21.7. The van der Waals surface area contributed by atoms with E-state index < -0.39 is 6.04 Å². The summed E-state index contributed by atoms with van der Waals surface area (Å²) in [7, 11) is 0. The molecule has 3 aromatic rings. The fourth-order valence-corrected chi connectivity index (χ4v) is 4.12. The van der Waals surface area contributed by atoms with Crippen molar-refractivity contribution < 1.29 is 19.1 Å². The summed E-state index contributed by atoms with van der Waals surface area (Å²) < 4.78 is 7.66. The standard InChI is InChI=1S/C27H33N7O4/c1-19-7-8-23-24(14-19)38-13-5-12-34-18-22(31-32-34)17-33(25(35)15-21-6-3-9-28-16-21)11-4-10-29-26(36)20(2)30-27(23)37/h3,6-9,14,16,18,20H,4-5,10-13,15,17H2,1-2H3,(H,29,36)(H,30,37)/t20-/m1/s1. The highest BCUT2D eigenvalue weighted by Gasteiger charge is 2.21. The van der Waals surface area contributed by atoms with Crippen LogP contribution in [0, 0.1) is 6.92 Å². The number of pyridine rings is 1. The van der Waals surface area contributed by atoms with Gasteiger partial charge < -0.3 is 20.3 Å². The van der Waals surface area contributed by atoms with Crippen LogP contribution in [0.2, 0.25) is 0 Å². The molecule has 3 heterocycles. The molecule has 11 nitrogen and oxygen atoms in total. The van der Waals surface area contributed by atoms with Crippen molar-refractivity contribution in [2.75, 3.05) is 19.7 Å². The van der Waals surface area contributed by atoms with E-state index in [9.17, 15) is 14.4 Å². The maximum atomic E-state index is 13.1. The molecule has 0 unspecified atom stereocenters. The predicted molar refractivity (Wildman–Crippen MR) is 139 cm³/mol. The Hall–Kier alpha value is -4.28. The molecule has 11 heteroatoms. The molecule has 1 aliphatic heterocycles. The van der Waals surface area contributed by atoms with E-state index in [0.29, 0.717) is 62.6 Å². The lowest BCUT2D eigenvalue weighted by Crippen LogP contribution is -2.45. The number of aryl methyl sites for hydroxylation is 2. The Morgan fingerprint density at radius 2 is 2.05 bits per heavy atom. The molecule has 0 saturated carbocycles. The van der Waals surface area contributed by atoms with Gasteiger partial charge >= 0.3 is 0 Å². The van der Waals surface area contributed by atoms with Gasteiger partial charge in [0.05, 0.1) is 31.3 Å². The third-order valence-electron chi connectivity index (χ3n) is 6.19. The number of hydrogen-bond donors (Lipinski definition) is 2. The van der Waals surface area contributed by atoms with E-state index in [1.54, 1.807) is 41.0 Å². The maximum absolute atomic E-state index is 13.1. The molecule has 4 rings (SSSR count). The van der Waals surface area contributed by atoms with E-state index in [2.05, 4.69) is 25.9 Å². The van der Waals surface area contributed by atoms with E-state index in [4.69, 9.17) is 4.74 Å². The van der Waals surface area contributed by atoms with Crippen LogP contribution in [-0.4, -0.2) is 68.3 Å². The lowest BCUT2D eigenvalue weighted by Gasteiger charge is -2.22. The van der Waals surface area contributed by atoms with Gasteiger partial charge in [-0.3, -0.25) is 24.0 Å². The van der Waals surface area contributed by atoms with Crippen molar-refractivity contribution >= 4 is 17.7 Å². The van der Waals surface area contributed by atoms with Crippen LogP contribution in [0.5, 0.6) is 5.75 Å². The Morgan fingerprint density at radius 1 is 1.18 bits per heavy atom. The van der Waals surface area contributed by atoms with E-state index in [0.717, 1.165) is 11.1 Å². The van der Waals surface area contributed by atoms with Gasteiger partial charge in [-0.1, -0.05) is 17.3 Å². The monoisotopic (exact) mass is 519 g/mol. The second-order valence-electron chi connectivity index (χ2n) is 9.37. The summed E-state index contributed by atoms with van der Waals surface area (Å²) in [6.45, 7) is 5.58. The van der Waals surface area contributed by atoms with Crippen molar-refractivity contribution in [1.29, 1.82) is 0 Å². The van der Waals surface area contributed by atoms with Crippen molar-refractivity contribution in [3.05, 3.63) is 71.3 Å². The third kappa shape index (κ3) is 7.37. The van der Waals surface area contributed by atoms with Crippen molar-refractivity contribution in [2.45, 2.75) is 52.2 Å². The van der Waals surface area contributed by atoms with E-state index >= 15 is 0 Å². The summed E-state index contributed by atoms with van der Waals surface area (Å²) in [4.78, 5) is 44.5. The number of nitrogens with one attached hydrogen (secondary N) is 2. The number of amides is 3. The quantitative estimate of drug-likeness (QED) is 0.526. The molecular formula is C27H33N7O4. The highest BCUT2D eigenvalue weighted by Crippen LogP contribution is 2.21. The normalized spacial score (nSPS) is 17.6.